The van der Waals surface area contributed by atoms with Gasteiger partial charge in [-0.2, -0.15) is 10.4 Å². The molecule has 0 aliphatic carbocycles. The minimum Gasteiger partial charge on any atom is -0.481 e. The van der Waals surface area contributed by atoms with E-state index in [1.165, 1.54) is 19.4 Å². The molecule has 0 aliphatic rings. The Morgan fingerprint density at radius 3 is 2.75 bits per heavy atom. The number of imidazole rings is 1. The van der Waals surface area contributed by atoms with Crippen LogP contribution in [0.3, 0.4) is 0 Å². The lowest BCUT2D eigenvalue weighted by Crippen LogP contribution is -1.97. The zero-order chi connectivity index (χ0) is 19.7. The number of aryl methyl sites for hydroxylation is 1. The van der Waals surface area contributed by atoms with Crippen molar-refractivity contribution in [1.82, 2.24) is 24.7 Å². The molecule has 0 unspecified atom stereocenters. The number of nitriles is 1. The molecule has 3 heterocycles. The number of pyridine rings is 1. The van der Waals surface area contributed by atoms with Crippen LogP contribution in [0.5, 0.6) is 5.88 Å². The van der Waals surface area contributed by atoms with E-state index in [1.807, 2.05) is 17.6 Å². The van der Waals surface area contributed by atoms with Crippen LogP contribution in [0.15, 0.2) is 43.0 Å². The second-order valence-corrected chi connectivity index (χ2v) is 6.05. The number of benzene rings is 1. The Kier molecular flexibility index (Phi) is 4.41. The first-order chi connectivity index (χ1) is 13.7. The first kappa shape index (κ1) is 17.5. The number of rotatable bonds is 4. The first-order valence-electron chi connectivity index (χ1n) is 8.57. The maximum atomic E-state index is 14.7. The number of ether oxygens (including phenoxy) is 1. The van der Waals surface area contributed by atoms with Crippen molar-refractivity contribution < 1.29 is 9.13 Å². The molecule has 1 aromatic carbocycles. The molecule has 138 valence electrons. The van der Waals surface area contributed by atoms with E-state index in [1.54, 1.807) is 30.7 Å². The SMILES string of the molecule is CCn1cnc2c(-c3ccc(F)c(-c4cc(C#N)cnc4OC)c3)cnnc21. The number of hydrogen-bond acceptors (Lipinski definition) is 6. The fourth-order valence-corrected chi connectivity index (χ4v) is 3.08. The van der Waals surface area contributed by atoms with Crippen molar-refractivity contribution in [1.29, 1.82) is 5.26 Å². The highest BCUT2D eigenvalue weighted by Gasteiger charge is 2.17. The number of fused-ring (bicyclic) bond motifs is 1. The molecule has 0 saturated heterocycles. The zero-order valence-corrected chi connectivity index (χ0v) is 15.2. The lowest BCUT2D eigenvalue weighted by molar-refractivity contribution is 0.399. The van der Waals surface area contributed by atoms with Crippen LogP contribution in [0, 0.1) is 17.1 Å². The molecule has 0 fully saturated rings. The summed E-state index contributed by atoms with van der Waals surface area (Å²) in [5.41, 5.74) is 3.80. The van der Waals surface area contributed by atoms with E-state index in [-0.39, 0.29) is 11.4 Å². The average Bonchev–Trinajstić information content (AvgIpc) is 3.17. The Balaban J connectivity index is 1.93. The molecule has 0 aliphatic heterocycles. The normalized spacial score (nSPS) is 10.8. The van der Waals surface area contributed by atoms with Gasteiger partial charge < -0.3 is 9.30 Å². The Morgan fingerprint density at radius 1 is 1.14 bits per heavy atom. The Labute approximate surface area is 160 Å². The van der Waals surface area contributed by atoms with E-state index >= 15 is 0 Å². The zero-order valence-electron chi connectivity index (χ0n) is 15.2. The molecule has 3 aromatic heterocycles. The van der Waals surface area contributed by atoms with Crippen molar-refractivity contribution in [3.8, 4) is 34.2 Å². The highest BCUT2D eigenvalue weighted by molar-refractivity contribution is 5.90. The smallest absolute Gasteiger partial charge is 0.221 e. The van der Waals surface area contributed by atoms with Gasteiger partial charge in [-0.1, -0.05) is 6.07 Å². The molecule has 0 spiro atoms. The third-order valence-corrected chi connectivity index (χ3v) is 4.49. The quantitative estimate of drug-likeness (QED) is 0.542. The summed E-state index contributed by atoms with van der Waals surface area (Å²) in [6, 6.07) is 8.28. The molecule has 0 bridgehead atoms. The Morgan fingerprint density at radius 2 is 2.00 bits per heavy atom. The van der Waals surface area contributed by atoms with Gasteiger partial charge in [-0.15, -0.1) is 5.10 Å². The summed E-state index contributed by atoms with van der Waals surface area (Å²) in [5, 5.41) is 17.4. The lowest BCUT2D eigenvalue weighted by atomic mass is 9.99. The second-order valence-electron chi connectivity index (χ2n) is 6.05. The van der Waals surface area contributed by atoms with Crippen LogP contribution < -0.4 is 4.74 Å². The van der Waals surface area contributed by atoms with Crippen LogP contribution in [0.2, 0.25) is 0 Å². The topological polar surface area (TPSA) is 89.5 Å². The van der Waals surface area contributed by atoms with Gasteiger partial charge in [0.2, 0.25) is 5.88 Å². The molecular weight excluding hydrogens is 359 g/mol. The minimum atomic E-state index is -0.448. The summed E-state index contributed by atoms with van der Waals surface area (Å²) in [7, 11) is 1.45. The fourth-order valence-electron chi connectivity index (χ4n) is 3.08. The predicted molar refractivity (Wildman–Crippen MR) is 101 cm³/mol. The van der Waals surface area contributed by atoms with E-state index < -0.39 is 5.82 Å². The van der Waals surface area contributed by atoms with Crippen LogP contribution in [0.1, 0.15) is 12.5 Å². The van der Waals surface area contributed by atoms with Crippen molar-refractivity contribution in [3.63, 3.8) is 0 Å². The van der Waals surface area contributed by atoms with Crippen LogP contribution in [0.25, 0.3) is 33.4 Å². The molecule has 8 heteroatoms. The number of hydrogen-bond donors (Lipinski definition) is 0. The molecule has 28 heavy (non-hydrogen) atoms. The van der Waals surface area contributed by atoms with E-state index in [2.05, 4.69) is 20.2 Å². The summed E-state index contributed by atoms with van der Waals surface area (Å²) in [4.78, 5) is 8.54. The van der Waals surface area contributed by atoms with E-state index in [0.717, 1.165) is 11.1 Å². The van der Waals surface area contributed by atoms with Gasteiger partial charge in [0.25, 0.3) is 0 Å². The van der Waals surface area contributed by atoms with E-state index in [9.17, 15) is 4.39 Å². The van der Waals surface area contributed by atoms with E-state index in [0.29, 0.717) is 28.8 Å². The molecule has 0 N–H and O–H groups in total. The predicted octanol–water partition coefficient (Wildman–Crippen LogP) is 3.59. The van der Waals surface area contributed by atoms with Crippen molar-refractivity contribution in [3.05, 3.63) is 54.4 Å². The number of methoxy groups -OCH3 is 1. The fraction of sp³-hybridized carbons (Fsp3) is 0.150. The number of nitrogens with zero attached hydrogens (tertiary/aromatic N) is 6. The minimum absolute atomic E-state index is 0.239. The first-order valence-corrected chi connectivity index (χ1v) is 8.57. The summed E-state index contributed by atoms with van der Waals surface area (Å²) >= 11 is 0. The van der Waals surface area contributed by atoms with Crippen LogP contribution >= 0.6 is 0 Å². The third-order valence-electron chi connectivity index (χ3n) is 4.49. The largest absolute Gasteiger partial charge is 0.481 e. The van der Waals surface area contributed by atoms with Gasteiger partial charge in [-0.25, -0.2) is 14.4 Å². The standard InChI is InChI=1S/C20H15FN6O/c1-3-27-11-24-18-16(10-25-26-19(18)27)13-4-5-17(21)14(7-13)15-6-12(8-22)9-23-20(15)28-2/h4-7,9-11H,3H2,1-2H3. The van der Waals surface area contributed by atoms with E-state index in [4.69, 9.17) is 10.00 Å². The highest BCUT2D eigenvalue weighted by atomic mass is 19.1. The number of halogens is 1. The monoisotopic (exact) mass is 374 g/mol. The maximum absolute atomic E-state index is 14.7. The summed E-state index contributed by atoms with van der Waals surface area (Å²) in [6.07, 6.45) is 4.70. The summed E-state index contributed by atoms with van der Waals surface area (Å²) in [5.74, 6) is -0.209. The highest BCUT2D eigenvalue weighted by Crippen LogP contribution is 2.35. The van der Waals surface area contributed by atoms with Crippen molar-refractivity contribution in [2.75, 3.05) is 7.11 Å². The van der Waals surface area contributed by atoms with Gasteiger partial charge in [0.1, 0.15) is 17.4 Å². The molecule has 0 amide bonds. The van der Waals surface area contributed by atoms with Gasteiger partial charge in [0.15, 0.2) is 5.65 Å². The lowest BCUT2D eigenvalue weighted by Gasteiger charge is -2.11. The van der Waals surface area contributed by atoms with Crippen molar-refractivity contribution in [2.24, 2.45) is 0 Å². The van der Waals surface area contributed by atoms with Crippen molar-refractivity contribution >= 4 is 11.2 Å². The molecular formula is C20H15FN6O. The van der Waals surface area contributed by atoms with Gasteiger partial charge in [0, 0.05) is 29.4 Å². The molecule has 4 aromatic rings. The molecule has 0 saturated carbocycles. The maximum Gasteiger partial charge on any atom is 0.221 e. The van der Waals surface area contributed by atoms with Crippen LogP contribution in [0.4, 0.5) is 4.39 Å². The Bertz CT molecular complexity index is 1230. The van der Waals surface area contributed by atoms with Gasteiger partial charge >= 0.3 is 0 Å². The van der Waals surface area contributed by atoms with Gasteiger partial charge in [-0.3, -0.25) is 0 Å². The third kappa shape index (κ3) is 2.83. The van der Waals surface area contributed by atoms with Gasteiger partial charge in [0.05, 0.1) is 25.2 Å². The molecule has 0 radical (unpaired) electrons. The second kappa shape index (κ2) is 7.04. The van der Waals surface area contributed by atoms with Crippen LogP contribution in [-0.2, 0) is 6.54 Å². The van der Waals surface area contributed by atoms with Crippen LogP contribution in [-0.4, -0.2) is 31.8 Å². The molecule has 7 nitrogen and oxygen atoms in total. The Hall–Kier alpha value is -3.86. The average molecular weight is 374 g/mol. The number of aromatic nitrogens is 5. The molecule has 4 rings (SSSR count). The van der Waals surface area contributed by atoms with Crippen molar-refractivity contribution in [2.45, 2.75) is 13.5 Å². The summed E-state index contributed by atoms with van der Waals surface area (Å²) < 4.78 is 21.8. The summed E-state index contributed by atoms with van der Waals surface area (Å²) in [6.45, 7) is 2.71. The van der Waals surface area contributed by atoms with Gasteiger partial charge in [-0.05, 0) is 30.7 Å². The molecule has 0 atom stereocenters.